The molecule has 1 N–H and O–H groups in total. The van der Waals surface area contributed by atoms with Crippen LogP contribution in [0.4, 0.5) is 5.69 Å². The Morgan fingerprint density at radius 2 is 1.65 bits per heavy atom. The summed E-state index contributed by atoms with van der Waals surface area (Å²) in [6, 6.07) is 24.0. The van der Waals surface area contributed by atoms with Gasteiger partial charge < -0.3 is 15.0 Å². The second-order valence-corrected chi connectivity index (χ2v) is 13.3. The molecule has 0 bridgehead atoms. The molecule has 0 heterocycles. The molecule has 1 fully saturated rings. The number of hydrogen-bond acceptors (Lipinski definition) is 5. The quantitative estimate of drug-likeness (QED) is 0.271. The fourth-order valence-electron chi connectivity index (χ4n) is 5.70. The van der Waals surface area contributed by atoms with Crippen molar-refractivity contribution in [3.8, 4) is 5.75 Å². The average molecular weight is 606 g/mol. The number of anilines is 1. The summed E-state index contributed by atoms with van der Waals surface area (Å²) in [5, 5.41) is 3.23. The van der Waals surface area contributed by atoms with Gasteiger partial charge in [-0.1, -0.05) is 79.1 Å². The summed E-state index contributed by atoms with van der Waals surface area (Å²) in [6.45, 7) is 2.40. The summed E-state index contributed by atoms with van der Waals surface area (Å²) in [4.78, 5) is 29.6. The molecule has 43 heavy (non-hydrogen) atoms. The van der Waals surface area contributed by atoms with E-state index in [0.717, 1.165) is 48.6 Å². The number of carbonyl (C=O) groups is 2. The lowest BCUT2D eigenvalue weighted by molar-refractivity contribution is -0.141. The van der Waals surface area contributed by atoms with Crippen molar-refractivity contribution in [2.24, 2.45) is 0 Å². The third-order valence-electron chi connectivity index (χ3n) is 7.90. The number of methoxy groups -OCH3 is 1. The molecule has 0 aromatic heterocycles. The minimum Gasteiger partial charge on any atom is -0.497 e. The third-order valence-corrected chi connectivity index (χ3v) is 9.10. The van der Waals surface area contributed by atoms with E-state index < -0.39 is 16.1 Å². The zero-order valence-corrected chi connectivity index (χ0v) is 26.2. The Morgan fingerprint density at radius 3 is 2.33 bits per heavy atom. The topological polar surface area (TPSA) is 96.0 Å². The van der Waals surface area contributed by atoms with Gasteiger partial charge in [-0.2, -0.15) is 0 Å². The Labute approximate surface area is 256 Å². The van der Waals surface area contributed by atoms with Crippen molar-refractivity contribution in [3.05, 3.63) is 95.6 Å². The van der Waals surface area contributed by atoms with E-state index in [1.165, 1.54) is 11.4 Å². The lowest BCUT2D eigenvalue weighted by atomic mass is 10.0. The highest BCUT2D eigenvalue weighted by molar-refractivity contribution is 7.92. The van der Waals surface area contributed by atoms with E-state index in [1.54, 1.807) is 29.2 Å². The number of carbonyl (C=O) groups excluding carboxylic acids is 2. The maximum atomic E-state index is 14.0. The molecule has 2 amide bonds. The number of amides is 2. The van der Waals surface area contributed by atoms with Crippen LogP contribution in [0.5, 0.6) is 5.75 Å². The highest BCUT2D eigenvalue weighted by Crippen LogP contribution is 2.25. The van der Waals surface area contributed by atoms with Crippen LogP contribution in [0.3, 0.4) is 0 Å². The number of nitrogens with zero attached hydrogens (tertiary/aromatic N) is 2. The molecule has 1 saturated carbocycles. The van der Waals surface area contributed by atoms with E-state index in [0.29, 0.717) is 17.9 Å². The van der Waals surface area contributed by atoms with Gasteiger partial charge in [-0.15, -0.1) is 0 Å². The van der Waals surface area contributed by atoms with Crippen LogP contribution in [0.2, 0.25) is 0 Å². The van der Waals surface area contributed by atoms with Crippen LogP contribution in [0.15, 0.2) is 78.9 Å². The van der Waals surface area contributed by atoms with Gasteiger partial charge in [0.15, 0.2) is 0 Å². The van der Waals surface area contributed by atoms with Crippen LogP contribution in [0.1, 0.15) is 55.2 Å². The summed E-state index contributed by atoms with van der Waals surface area (Å²) in [5.41, 5.74) is 3.46. The number of hydrogen-bond donors (Lipinski definition) is 1. The van der Waals surface area contributed by atoms with Crippen LogP contribution in [0, 0.1) is 6.92 Å². The average Bonchev–Trinajstić information content (AvgIpc) is 3.50. The van der Waals surface area contributed by atoms with Gasteiger partial charge in [-0.25, -0.2) is 8.42 Å². The number of nitrogens with one attached hydrogen (secondary N) is 1. The van der Waals surface area contributed by atoms with Gasteiger partial charge in [0.2, 0.25) is 21.8 Å². The van der Waals surface area contributed by atoms with Gasteiger partial charge in [0.1, 0.15) is 11.8 Å². The first-order chi connectivity index (χ1) is 20.6. The lowest BCUT2D eigenvalue weighted by Gasteiger charge is -2.33. The van der Waals surface area contributed by atoms with Crippen molar-refractivity contribution in [1.29, 1.82) is 0 Å². The molecule has 3 aromatic carbocycles. The standard InChI is InChI=1S/C34H43N3O5S/c1-26-12-9-15-28(22-26)25-36(32(23-27-13-5-4-6-14-27)34(39)35-29-16-7-8-17-29)33(38)20-11-21-37(43(3,40)41)30-18-10-19-31(24-30)42-2/h4-6,9-10,12-15,18-19,22,24,29,32H,7-8,11,16-17,20-21,23,25H2,1-3H3,(H,35,39)/t32-/m1/s1. The maximum absolute atomic E-state index is 14.0. The Hall–Kier alpha value is -3.85. The Morgan fingerprint density at radius 1 is 0.953 bits per heavy atom. The molecule has 1 aliphatic rings. The van der Waals surface area contributed by atoms with E-state index in [4.69, 9.17) is 4.74 Å². The molecule has 8 nitrogen and oxygen atoms in total. The predicted octanol–water partition coefficient (Wildman–Crippen LogP) is 5.25. The highest BCUT2D eigenvalue weighted by atomic mass is 32.2. The Bertz CT molecular complexity index is 1470. The molecular formula is C34H43N3O5S. The number of ether oxygens (including phenoxy) is 1. The van der Waals surface area contributed by atoms with Crippen LogP contribution in [-0.2, 0) is 32.6 Å². The molecule has 9 heteroatoms. The monoisotopic (exact) mass is 605 g/mol. The van der Waals surface area contributed by atoms with Crippen LogP contribution < -0.4 is 14.4 Å². The van der Waals surface area contributed by atoms with E-state index in [2.05, 4.69) is 5.32 Å². The van der Waals surface area contributed by atoms with Crippen LogP contribution in [0.25, 0.3) is 0 Å². The van der Waals surface area contributed by atoms with Crippen molar-refractivity contribution < 1.29 is 22.7 Å². The molecule has 1 aliphatic carbocycles. The first-order valence-corrected chi connectivity index (χ1v) is 16.8. The number of sulfonamides is 1. The zero-order chi connectivity index (χ0) is 30.8. The summed E-state index contributed by atoms with van der Waals surface area (Å²) in [5.74, 6) is 0.206. The van der Waals surface area contributed by atoms with Gasteiger partial charge in [-0.05, 0) is 49.4 Å². The molecule has 1 atom stereocenters. The van der Waals surface area contributed by atoms with Crippen molar-refractivity contribution >= 4 is 27.5 Å². The number of benzene rings is 3. The molecule has 3 aromatic rings. The van der Waals surface area contributed by atoms with Crippen molar-refractivity contribution in [2.75, 3.05) is 24.2 Å². The summed E-state index contributed by atoms with van der Waals surface area (Å²) >= 11 is 0. The van der Waals surface area contributed by atoms with Crippen LogP contribution in [-0.4, -0.2) is 57.1 Å². The molecule has 0 saturated heterocycles. The van der Waals surface area contributed by atoms with Crippen LogP contribution >= 0.6 is 0 Å². The Balaban J connectivity index is 1.59. The fraction of sp³-hybridized carbons (Fsp3) is 0.412. The van der Waals surface area contributed by atoms with E-state index in [-0.39, 0.29) is 43.8 Å². The van der Waals surface area contributed by atoms with Gasteiger partial charge in [0.05, 0.1) is 19.1 Å². The minimum atomic E-state index is -3.61. The normalized spacial score (nSPS) is 14.2. The van der Waals surface area contributed by atoms with E-state index in [9.17, 15) is 18.0 Å². The second-order valence-electron chi connectivity index (χ2n) is 11.3. The largest absolute Gasteiger partial charge is 0.497 e. The van der Waals surface area contributed by atoms with Gasteiger partial charge >= 0.3 is 0 Å². The van der Waals surface area contributed by atoms with E-state index >= 15 is 0 Å². The second kappa shape index (κ2) is 15.0. The minimum absolute atomic E-state index is 0.0871. The third kappa shape index (κ3) is 9.32. The number of aryl methyl sites for hydroxylation is 1. The highest BCUT2D eigenvalue weighted by Gasteiger charge is 2.32. The first-order valence-electron chi connectivity index (χ1n) is 14.9. The molecule has 0 unspecified atom stereocenters. The summed E-state index contributed by atoms with van der Waals surface area (Å²) in [6.07, 6.45) is 5.98. The molecular weight excluding hydrogens is 562 g/mol. The first kappa shape index (κ1) is 32.1. The van der Waals surface area contributed by atoms with Gasteiger partial charge in [0, 0.05) is 38.0 Å². The smallest absolute Gasteiger partial charge is 0.243 e. The van der Waals surface area contributed by atoms with Crippen molar-refractivity contribution in [1.82, 2.24) is 10.2 Å². The summed E-state index contributed by atoms with van der Waals surface area (Å²) in [7, 11) is -2.08. The molecule has 4 rings (SSSR count). The zero-order valence-electron chi connectivity index (χ0n) is 25.4. The molecule has 230 valence electrons. The fourth-order valence-corrected chi connectivity index (χ4v) is 6.66. The lowest BCUT2D eigenvalue weighted by Crippen LogP contribution is -2.52. The Kier molecular flexibility index (Phi) is 11.2. The van der Waals surface area contributed by atoms with Crippen molar-refractivity contribution in [3.63, 3.8) is 0 Å². The van der Waals surface area contributed by atoms with Gasteiger partial charge in [0.25, 0.3) is 0 Å². The molecule has 0 radical (unpaired) electrons. The van der Waals surface area contributed by atoms with Crippen molar-refractivity contribution in [2.45, 2.75) is 70.5 Å². The summed E-state index contributed by atoms with van der Waals surface area (Å²) < 4.78 is 32.0. The number of rotatable bonds is 14. The predicted molar refractivity (Wildman–Crippen MR) is 170 cm³/mol. The van der Waals surface area contributed by atoms with Gasteiger partial charge in [-0.3, -0.25) is 13.9 Å². The maximum Gasteiger partial charge on any atom is 0.243 e. The SMILES string of the molecule is COc1cccc(N(CCCC(=O)N(Cc2cccc(C)c2)[C@H](Cc2ccccc2)C(=O)NC2CCCC2)S(C)(=O)=O)c1. The molecule has 0 spiro atoms. The molecule has 0 aliphatic heterocycles. The van der Waals surface area contributed by atoms with E-state index in [1.807, 2.05) is 61.5 Å².